The monoisotopic (exact) mass is 215 g/mol. The molecule has 0 amide bonds. The van der Waals surface area contributed by atoms with Crippen molar-refractivity contribution in [2.75, 3.05) is 20.3 Å². The standard InChI is InChI=1S/C12H25NO2/c1-9-10(6-7-15-9)13-8-11(14-5)12(2,3)4/h9-11,13H,6-8H2,1-5H3. The molecule has 1 aliphatic rings. The number of nitrogens with one attached hydrogen (secondary N) is 1. The van der Waals surface area contributed by atoms with Crippen molar-refractivity contribution in [3.63, 3.8) is 0 Å². The highest BCUT2D eigenvalue weighted by Gasteiger charge is 2.28. The van der Waals surface area contributed by atoms with Gasteiger partial charge in [-0.15, -0.1) is 0 Å². The molecule has 15 heavy (non-hydrogen) atoms. The van der Waals surface area contributed by atoms with E-state index >= 15 is 0 Å². The summed E-state index contributed by atoms with van der Waals surface area (Å²) >= 11 is 0. The van der Waals surface area contributed by atoms with Crippen LogP contribution in [-0.4, -0.2) is 38.5 Å². The van der Waals surface area contributed by atoms with Crippen molar-refractivity contribution in [2.24, 2.45) is 5.41 Å². The Bertz CT molecular complexity index is 189. The molecule has 1 heterocycles. The third-order valence-corrected chi connectivity index (χ3v) is 3.19. The van der Waals surface area contributed by atoms with Crippen LogP contribution < -0.4 is 5.32 Å². The fourth-order valence-electron chi connectivity index (χ4n) is 2.00. The second kappa shape index (κ2) is 5.28. The summed E-state index contributed by atoms with van der Waals surface area (Å²) in [7, 11) is 1.78. The van der Waals surface area contributed by atoms with E-state index in [9.17, 15) is 0 Å². The van der Waals surface area contributed by atoms with Gasteiger partial charge in [0.15, 0.2) is 0 Å². The first kappa shape index (κ1) is 12.9. The SMILES string of the molecule is COC(CNC1CCOC1C)C(C)(C)C. The van der Waals surface area contributed by atoms with Crippen LogP contribution in [0.25, 0.3) is 0 Å². The molecule has 1 rings (SSSR count). The summed E-state index contributed by atoms with van der Waals surface area (Å²) < 4.78 is 11.0. The van der Waals surface area contributed by atoms with Crippen molar-refractivity contribution < 1.29 is 9.47 Å². The highest BCUT2D eigenvalue weighted by Crippen LogP contribution is 2.22. The minimum atomic E-state index is 0.185. The van der Waals surface area contributed by atoms with E-state index in [0.29, 0.717) is 12.1 Å². The number of hydrogen-bond donors (Lipinski definition) is 1. The molecule has 90 valence electrons. The molecule has 1 fully saturated rings. The van der Waals surface area contributed by atoms with Gasteiger partial charge in [0, 0.05) is 26.3 Å². The largest absolute Gasteiger partial charge is 0.380 e. The fourth-order valence-corrected chi connectivity index (χ4v) is 2.00. The van der Waals surface area contributed by atoms with Crippen LogP contribution in [0.5, 0.6) is 0 Å². The molecule has 3 heteroatoms. The van der Waals surface area contributed by atoms with Gasteiger partial charge in [0.2, 0.25) is 0 Å². The van der Waals surface area contributed by atoms with Crippen LogP contribution in [0.2, 0.25) is 0 Å². The fraction of sp³-hybridized carbons (Fsp3) is 1.00. The Morgan fingerprint density at radius 3 is 2.53 bits per heavy atom. The number of ether oxygens (including phenoxy) is 2. The first-order chi connectivity index (χ1) is 6.95. The molecular formula is C12H25NO2. The minimum absolute atomic E-state index is 0.185. The molecule has 0 aliphatic carbocycles. The molecular weight excluding hydrogens is 190 g/mol. The van der Waals surface area contributed by atoms with Gasteiger partial charge in [-0.05, 0) is 18.8 Å². The van der Waals surface area contributed by atoms with Gasteiger partial charge < -0.3 is 14.8 Å². The molecule has 0 spiro atoms. The van der Waals surface area contributed by atoms with Gasteiger partial charge in [0.25, 0.3) is 0 Å². The highest BCUT2D eigenvalue weighted by molar-refractivity contribution is 4.83. The maximum absolute atomic E-state index is 5.51. The second-order valence-corrected chi connectivity index (χ2v) is 5.47. The van der Waals surface area contributed by atoms with E-state index in [-0.39, 0.29) is 11.5 Å². The lowest BCUT2D eigenvalue weighted by Crippen LogP contribution is -2.44. The average Bonchev–Trinajstić information content (AvgIpc) is 2.50. The van der Waals surface area contributed by atoms with Crippen molar-refractivity contribution in [2.45, 2.75) is 52.4 Å². The van der Waals surface area contributed by atoms with Crippen molar-refractivity contribution in [3.05, 3.63) is 0 Å². The van der Waals surface area contributed by atoms with Crippen molar-refractivity contribution in [3.8, 4) is 0 Å². The predicted molar refractivity (Wildman–Crippen MR) is 62.1 cm³/mol. The Morgan fingerprint density at radius 1 is 1.47 bits per heavy atom. The molecule has 1 N–H and O–H groups in total. The maximum Gasteiger partial charge on any atom is 0.0743 e. The van der Waals surface area contributed by atoms with E-state index < -0.39 is 0 Å². The smallest absolute Gasteiger partial charge is 0.0743 e. The summed E-state index contributed by atoms with van der Waals surface area (Å²) in [4.78, 5) is 0. The molecule has 3 atom stereocenters. The van der Waals surface area contributed by atoms with Gasteiger partial charge in [-0.2, -0.15) is 0 Å². The highest BCUT2D eigenvalue weighted by atomic mass is 16.5. The van der Waals surface area contributed by atoms with Gasteiger partial charge in [0.1, 0.15) is 0 Å². The minimum Gasteiger partial charge on any atom is -0.380 e. The van der Waals surface area contributed by atoms with Gasteiger partial charge in [-0.3, -0.25) is 0 Å². The van der Waals surface area contributed by atoms with Crippen LogP contribution in [0.15, 0.2) is 0 Å². The molecule has 1 aliphatic heterocycles. The topological polar surface area (TPSA) is 30.5 Å². The van der Waals surface area contributed by atoms with E-state index in [4.69, 9.17) is 9.47 Å². The van der Waals surface area contributed by atoms with E-state index in [0.717, 1.165) is 19.6 Å². The first-order valence-electron chi connectivity index (χ1n) is 5.83. The Morgan fingerprint density at radius 2 is 2.13 bits per heavy atom. The van der Waals surface area contributed by atoms with Gasteiger partial charge in [-0.1, -0.05) is 20.8 Å². The molecule has 0 aromatic rings. The third-order valence-electron chi connectivity index (χ3n) is 3.19. The average molecular weight is 215 g/mol. The zero-order valence-electron chi connectivity index (χ0n) is 10.7. The van der Waals surface area contributed by atoms with E-state index in [2.05, 4.69) is 33.0 Å². The van der Waals surface area contributed by atoms with E-state index in [1.807, 2.05) is 0 Å². The van der Waals surface area contributed by atoms with Gasteiger partial charge in [-0.25, -0.2) is 0 Å². The zero-order chi connectivity index (χ0) is 11.5. The van der Waals surface area contributed by atoms with Gasteiger partial charge in [0.05, 0.1) is 12.2 Å². The normalized spacial score (nSPS) is 29.4. The lowest BCUT2D eigenvalue weighted by atomic mass is 9.88. The van der Waals surface area contributed by atoms with Crippen LogP contribution in [0.3, 0.4) is 0 Å². The van der Waals surface area contributed by atoms with E-state index in [1.54, 1.807) is 7.11 Å². The maximum atomic E-state index is 5.51. The summed E-state index contributed by atoms with van der Waals surface area (Å²) in [6, 6.07) is 0.491. The predicted octanol–water partition coefficient (Wildman–Crippen LogP) is 1.81. The summed E-state index contributed by atoms with van der Waals surface area (Å²) in [5.41, 5.74) is 0.185. The van der Waals surface area contributed by atoms with Crippen LogP contribution >= 0.6 is 0 Å². The first-order valence-corrected chi connectivity index (χ1v) is 5.83. The Balaban J connectivity index is 2.34. The van der Waals surface area contributed by atoms with Crippen molar-refractivity contribution in [1.82, 2.24) is 5.32 Å². The quantitative estimate of drug-likeness (QED) is 0.776. The number of methoxy groups -OCH3 is 1. The second-order valence-electron chi connectivity index (χ2n) is 5.47. The van der Waals surface area contributed by atoms with Crippen LogP contribution in [0.4, 0.5) is 0 Å². The number of rotatable bonds is 4. The summed E-state index contributed by atoms with van der Waals surface area (Å²) in [6.07, 6.45) is 1.70. The number of hydrogen-bond acceptors (Lipinski definition) is 3. The van der Waals surface area contributed by atoms with Crippen molar-refractivity contribution in [1.29, 1.82) is 0 Å². The van der Waals surface area contributed by atoms with Crippen molar-refractivity contribution >= 4 is 0 Å². The molecule has 1 saturated heterocycles. The Hall–Kier alpha value is -0.120. The molecule has 0 radical (unpaired) electrons. The van der Waals surface area contributed by atoms with Crippen LogP contribution in [-0.2, 0) is 9.47 Å². The van der Waals surface area contributed by atoms with Gasteiger partial charge >= 0.3 is 0 Å². The molecule has 0 aromatic carbocycles. The molecule has 0 aromatic heterocycles. The van der Waals surface area contributed by atoms with Crippen LogP contribution in [0.1, 0.15) is 34.1 Å². The lowest BCUT2D eigenvalue weighted by Gasteiger charge is -2.31. The lowest BCUT2D eigenvalue weighted by molar-refractivity contribution is 0.0134. The third kappa shape index (κ3) is 3.74. The molecule has 0 saturated carbocycles. The van der Waals surface area contributed by atoms with E-state index in [1.165, 1.54) is 0 Å². The summed E-state index contributed by atoms with van der Waals surface area (Å²) in [6.45, 7) is 10.5. The molecule has 3 unspecified atom stereocenters. The molecule has 3 nitrogen and oxygen atoms in total. The summed E-state index contributed by atoms with van der Waals surface area (Å²) in [5, 5.41) is 3.54. The molecule has 0 bridgehead atoms. The Labute approximate surface area is 93.5 Å². The Kier molecular flexibility index (Phi) is 4.56. The van der Waals surface area contributed by atoms with Crippen LogP contribution in [0, 0.1) is 5.41 Å². The zero-order valence-corrected chi connectivity index (χ0v) is 10.7. The summed E-state index contributed by atoms with van der Waals surface area (Å²) in [5.74, 6) is 0.